The molecule has 44 valence electrons. The Morgan fingerprint density at radius 3 is 2.43 bits per heavy atom. The Labute approximate surface area is 58.3 Å². The fourth-order valence-electron chi connectivity index (χ4n) is 0.298. The first-order valence-corrected chi connectivity index (χ1v) is 4.00. The van der Waals surface area contributed by atoms with Gasteiger partial charge < -0.3 is 5.11 Å². The summed E-state index contributed by atoms with van der Waals surface area (Å²) >= 11 is 2.33. The molecule has 0 fully saturated rings. The Hall–Kier alpha value is 0.690. The van der Waals surface area contributed by atoms with Gasteiger partial charge in [-0.3, -0.25) is 0 Å². The number of alkyl halides is 1. The van der Waals surface area contributed by atoms with Gasteiger partial charge in [0.25, 0.3) is 0 Å². The average Bonchev–Trinajstić information content (AvgIpc) is 1.68. The summed E-state index contributed by atoms with van der Waals surface area (Å²) in [5.74, 6) is 0.686. The van der Waals surface area contributed by atoms with Crippen molar-refractivity contribution in [2.24, 2.45) is 5.92 Å². The molecule has 0 amide bonds. The highest BCUT2D eigenvalue weighted by atomic mass is 127. The predicted octanol–water partition coefficient (Wildman–Crippen LogP) is 1.44. The average molecular weight is 214 g/mol. The van der Waals surface area contributed by atoms with Crippen LogP contribution in [-0.4, -0.2) is 16.1 Å². The molecule has 0 spiro atoms. The van der Waals surface area contributed by atoms with Gasteiger partial charge in [-0.15, -0.1) is 0 Å². The van der Waals surface area contributed by atoms with Crippen LogP contribution in [0.4, 0.5) is 0 Å². The summed E-state index contributed by atoms with van der Waals surface area (Å²) < 4.78 is 1.15. The lowest BCUT2D eigenvalue weighted by atomic mass is 10.1. The highest BCUT2D eigenvalue weighted by molar-refractivity contribution is 14.1. The molecule has 0 aliphatic rings. The summed E-state index contributed by atoms with van der Waals surface area (Å²) in [6, 6.07) is 0. The molecule has 0 aromatic carbocycles. The van der Waals surface area contributed by atoms with Crippen molar-refractivity contribution in [1.29, 1.82) is 0 Å². The second-order valence-corrected chi connectivity index (χ2v) is 2.65. The van der Waals surface area contributed by atoms with E-state index in [2.05, 4.69) is 29.5 Å². The monoisotopic (exact) mass is 214 g/mol. The maximum Gasteiger partial charge on any atom is 0.0433 e. The van der Waals surface area contributed by atoms with Crippen molar-refractivity contribution in [3.63, 3.8) is 0 Å². The van der Waals surface area contributed by atoms with Crippen LogP contribution in [0.15, 0.2) is 0 Å². The van der Waals surface area contributed by atoms with Crippen LogP contribution in [-0.2, 0) is 0 Å². The van der Waals surface area contributed by atoms with Crippen LogP contribution in [0.5, 0.6) is 0 Å². The predicted molar refractivity (Wildman–Crippen MR) is 39.8 cm³/mol. The third kappa shape index (κ3) is 4.55. The minimum absolute atomic E-state index is 0.337. The molecule has 2 heteroatoms. The van der Waals surface area contributed by atoms with E-state index in [0.29, 0.717) is 12.5 Å². The van der Waals surface area contributed by atoms with E-state index in [4.69, 9.17) is 5.11 Å². The molecule has 0 aliphatic heterocycles. The molecule has 1 nitrogen and oxygen atoms in total. The maximum absolute atomic E-state index is 8.36. The van der Waals surface area contributed by atoms with E-state index in [1.165, 1.54) is 0 Å². The van der Waals surface area contributed by atoms with Gasteiger partial charge in [0, 0.05) is 11.0 Å². The maximum atomic E-state index is 8.36. The van der Waals surface area contributed by atoms with Gasteiger partial charge >= 0.3 is 0 Å². The van der Waals surface area contributed by atoms with Gasteiger partial charge in [-0.1, -0.05) is 29.5 Å². The van der Waals surface area contributed by atoms with Gasteiger partial charge in [0.15, 0.2) is 0 Å². The molecule has 0 saturated heterocycles. The number of rotatable bonds is 3. The van der Waals surface area contributed by atoms with Gasteiger partial charge in [-0.25, -0.2) is 0 Å². The standard InChI is InChI=1S/C5H11IO/c1-5(4-6)2-3-7/h5,7H,2-4H2,1H3/t5-/m1/s1. The largest absolute Gasteiger partial charge is 0.396 e. The molecule has 0 unspecified atom stereocenters. The molecule has 0 heterocycles. The SMILES string of the molecule is C[C@@H](CI)CCO. The molecule has 0 bridgehead atoms. The lowest BCUT2D eigenvalue weighted by Gasteiger charge is -2.00. The van der Waals surface area contributed by atoms with E-state index in [-0.39, 0.29) is 0 Å². The summed E-state index contributed by atoms with van der Waals surface area (Å²) in [6.07, 6.45) is 0.947. The summed E-state index contributed by atoms with van der Waals surface area (Å²) in [6.45, 7) is 2.48. The normalized spacial score (nSPS) is 14.1. The molecule has 1 N–H and O–H groups in total. The van der Waals surface area contributed by atoms with Crippen LogP contribution >= 0.6 is 22.6 Å². The van der Waals surface area contributed by atoms with Crippen LogP contribution in [0.2, 0.25) is 0 Å². The minimum Gasteiger partial charge on any atom is -0.396 e. The highest BCUT2D eigenvalue weighted by Gasteiger charge is 1.94. The third-order valence-corrected chi connectivity index (χ3v) is 2.39. The lowest BCUT2D eigenvalue weighted by molar-refractivity contribution is 0.269. The van der Waals surface area contributed by atoms with E-state index < -0.39 is 0 Å². The van der Waals surface area contributed by atoms with Crippen LogP contribution < -0.4 is 0 Å². The van der Waals surface area contributed by atoms with Crippen molar-refractivity contribution in [2.45, 2.75) is 13.3 Å². The number of hydrogen-bond donors (Lipinski definition) is 1. The highest BCUT2D eigenvalue weighted by Crippen LogP contribution is 2.03. The van der Waals surface area contributed by atoms with Crippen molar-refractivity contribution in [3.05, 3.63) is 0 Å². The fourth-order valence-corrected chi connectivity index (χ4v) is 0.738. The van der Waals surface area contributed by atoms with Gasteiger partial charge in [0.05, 0.1) is 0 Å². The zero-order valence-electron chi connectivity index (χ0n) is 4.52. The molecule has 0 aromatic rings. The topological polar surface area (TPSA) is 20.2 Å². The Morgan fingerprint density at radius 2 is 2.29 bits per heavy atom. The van der Waals surface area contributed by atoms with E-state index in [0.717, 1.165) is 10.8 Å². The Kier molecular flexibility index (Phi) is 5.32. The van der Waals surface area contributed by atoms with E-state index in [1.807, 2.05) is 0 Å². The lowest BCUT2D eigenvalue weighted by Crippen LogP contribution is -1.97. The first-order chi connectivity index (χ1) is 3.31. The van der Waals surface area contributed by atoms with Gasteiger partial charge in [-0.2, -0.15) is 0 Å². The Balaban J connectivity index is 2.83. The van der Waals surface area contributed by atoms with Crippen molar-refractivity contribution in [1.82, 2.24) is 0 Å². The molecule has 0 saturated carbocycles. The van der Waals surface area contributed by atoms with E-state index in [1.54, 1.807) is 0 Å². The molecule has 1 atom stereocenters. The van der Waals surface area contributed by atoms with E-state index in [9.17, 15) is 0 Å². The Bertz CT molecular complexity index is 39.1. The molecule has 0 rings (SSSR count). The summed E-state index contributed by atoms with van der Waals surface area (Å²) in [5, 5.41) is 8.36. The van der Waals surface area contributed by atoms with Crippen LogP contribution in [0, 0.1) is 5.92 Å². The first kappa shape index (κ1) is 7.69. The number of aliphatic hydroxyl groups is 1. The molecule has 0 radical (unpaired) electrons. The molecule has 0 aromatic heterocycles. The number of halogens is 1. The van der Waals surface area contributed by atoms with Crippen molar-refractivity contribution < 1.29 is 5.11 Å². The smallest absolute Gasteiger partial charge is 0.0433 e. The zero-order valence-corrected chi connectivity index (χ0v) is 6.68. The minimum atomic E-state index is 0.337. The van der Waals surface area contributed by atoms with Crippen molar-refractivity contribution in [3.8, 4) is 0 Å². The third-order valence-electron chi connectivity index (χ3n) is 0.885. The van der Waals surface area contributed by atoms with Gasteiger partial charge in [-0.05, 0) is 12.3 Å². The quantitative estimate of drug-likeness (QED) is 0.556. The van der Waals surface area contributed by atoms with Gasteiger partial charge in [0.1, 0.15) is 0 Å². The first-order valence-electron chi connectivity index (χ1n) is 2.48. The van der Waals surface area contributed by atoms with Crippen LogP contribution in [0.3, 0.4) is 0 Å². The molecule has 0 aliphatic carbocycles. The fraction of sp³-hybridized carbons (Fsp3) is 1.00. The summed E-state index contributed by atoms with van der Waals surface area (Å²) in [5.41, 5.74) is 0. The zero-order chi connectivity index (χ0) is 5.70. The second kappa shape index (κ2) is 4.84. The Morgan fingerprint density at radius 1 is 1.71 bits per heavy atom. The molecular weight excluding hydrogens is 203 g/mol. The summed E-state index contributed by atoms with van der Waals surface area (Å²) in [4.78, 5) is 0. The molecular formula is C5H11IO. The summed E-state index contributed by atoms with van der Waals surface area (Å²) in [7, 11) is 0. The second-order valence-electron chi connectivity index (χ2n) is 1.77. The molecule has 7 heavy (non-hydrogen) atoms. The van der Waals surface area contributed by atoms with Crippen molar-refractivity contribution >= 4 is 22.6 Å². The van der Waals surface area contributed by atoms with E-state index >= 15 is 0 Å². The number of hydrogen-bond acceptors (Lipinski definition) is 1. The number of aliphatic hydroxyl groups excluding tert-OH is 1. The van der Waals surface area contributed by atoms with Crippen LogP contribution in [0.25, 0.3) is 0 Å². The van der Waals surface area contributed by atoms with Crippen molar-refractivity contribution in [2.75, 3.05) is 11.0 Å². The van der Waals surface area contributed by atoms with Crippen LogP contribution in [0.1, 0.15) is 13.3 Å². The van der Waals surface area contributed by atoms with Gasteiger partial charge in [0.2, 0.25) is 0 Å².